The summed E-state index contributed by atoms with van der Waals surface area (Å²) in [4.78, 5) is 35.2. The van der Waals surface area contributed by atoms with Gasteiger partial charge < -0.3 is 10.2 Å². The Hall–Kier alpha value is -3.53. The number of nitro groups is 1. The first kappa shape index (κ1) is 19.8. The van der Waals surface area contributed by atoms with E-state index >= 15 is 0 Å². The number of carbonyl (C=O) groups is 2. The summed E-state index contributed by atoms with van der Waals surface area (Å²) < 4.78 is 13.0. The van der Waals surface area contributed by atoms with Crippen LogP contribution in [0.3, 0.4) is 0 Å². The van der Waals surface area contributed by atoms with E-state index in [9.17, 15) is 24.1 Å². The van der Waals surface area contributed by atoms with Crippen molar-refractivity contribution in [3.63, 3.8) is 0 Å². The molecule has 0 radical (unpaired) electrons. The van der Waals surface area contributed by atoms with Crippen LogP contribution in [-0.4, -0.2) is 33.5 Å². The van der Waals surface area contributed by atoms with Crippen LogP contribution in [-0.2, 0) is 11.3 Å². The average molecular weight is 376 g/mol. The third-order valence-corrected chi connectivity index (χ3v) is 3.64. The van der Waals surface area contributed by atoms with E-state index in [1.165, 1.54) is 58.9 Å². The smallest absolute Gasteiger partial charge is 0.320 e. The predicted molar refractivity (Wildman–Crippen MR) is 93.5 cm³/mol. The number of hydroxylamine groups is 1. The van der Waals surface area contributed by atoms with E-state index in [1.54, 1.807) is 0 Å². The fourth-order valence-electron chi connectivity index (χ4n) is 2.22. The maximum Gasteiger partial charge on any atom is 0.322 e. The molecule has 27 heavy (non-hydrogen) atoms. The maximum atomic E-state index is 13.0. The Morgan fingerprint density at radius 1 is 1.11 bits per heavy atom. The van der Waals surface area contributed by atoms with Crippen molar-refractivity contribution >= 4 is 23.3 Å². The molecule has 10 heteroatoms. The molecular formula is C17H17FN4O5. The number of hydrogen-bond acceptors (Lipinski definition) is 5. The summed E-state index contributed by atoms with van der Waals surface area (Å²) in [5.74, 6) is -1.12. The number of anilines is 1. The number of non-ortho nitro benzene ring substituents is 1. The highest BCUT2D eigenvalue weighted by Gasteiger charge is 2.16. The molecule has 2 aromatic rings. The fourth-order valence-corrected chi connectivity index (χ4v) is 2.22. The molecule has 2 aromatic carbocycles. The van der Waals surface area contributed by atoms with Crippen molar-refractivity contribution in [2.45, 2.75) is 13.0 Å². The lowest BCUT2D eigenvalue weighted by Crippen LogP contribution is -2.37. The fraction of sp³-hybridized carbons (Fsp3) is 0.176. The summed E-state index contributed by atoms with van der Waals surface area (Å²) in [6.07, 6.45) is -0.152. The second-order valence-electron chi connectivity index (χ2n) is 5.57. The number of rotatable bonds is 7. The highest BCUT2D eigenvalue weighted by atomic mass is 19.1. The molecule has 0 bridgehead atoms. The van der Waals surface area contributed by atoms with Gasteiger partial charge in [0.1, 0.15) is 5.82 Å². The number of urea groups is 1. The van der Waals surface area contributed by atoms with Gasteiger partial charge in [-0.2, -0.15) is 0 Å². The lowest BCUT2D eigenvalue weighted by molar-refractivity contribution is -0.384. The average Bonchev–Trinajstić information content (AvgIpc) is 2.66. The molecule has 0 heterocycles. The van der Waals surface area contributed by atoms with Gasteiger partial charge >= 0.3 is 6.03 Å². The third kappa shape index (κ3) is 6.04. The van der Waals surface area contributed by atoms with Gasteiger partial charge in [-0.3, -0.25) is 20.1 Å². The zero-order chi connectivity index (χ0) is 19.8. The zero-order valence-corrected chi connectivity index (χ0v) is 14.1. The van der Waals surface area contributed by atoms with Crippen LogP contribution >= 0.6 is 0 Å². The summed E-state index contributed by atoms with van der Waals surface area (Å²) in [6.45, 7) is 0.0557. The number of amides is 3. The summed E-state index contributed by atoms with van der Waals surface area (Å²) in [5.41, 5.74) is 2.38. The van der Waals surface area contributed by atoms with Gasteiger partial charge in [-0.1, -0.05) is 12.1 Å². The predicted octanol–water partition coefficient (Wildman–Crippen LogP) is 2.66. The number of nitrogens with one attached hydrogen (secondary N) is 2. The molecule has 0 aliphatic heterocycles. The number of carbonyl (C=O) groups excluding carboxylic acids is 2. The van der Waals surface area contributed by atoms with Crippen LogP contribution in [0.15, 0.2) is 48.5 Å². The molecule has 3 amide bonds. The molecule has 9 nitrogen and oxygen atoms in total. The number of nitro benzene ring substituents is 1. The van der Waals surface area contributed by atoms with E-state index in [4.69, 9.17) is 5.21 Å². The van der Waals surface area contributed by atoms with E-state index in [-0.39, 0.29) is 25.2 Å². The first-order valence-electron chi connectivity index (χ1n) is 7.87. The van der Waals surface area contributed by atoms with Crippen LogP contribution in [0.2, 0.25) is 0 Å². The molecule has 3 N–H and O–H groups in total. The van der Waals surface area contributed by atoms with Gasteiger partial charge in [0, 0.05) is 37.3 Å². The van der Waals surface area contributed by atoms with Crippen molar-refractivity contribution in [1.82, 2.24) is 10.4 Å². The molecule has 0 atom stereocenters. The van der Waals surface area contributed by atoms with Crippen molar-refractivity contribution in [3.05, 3.63) is 70.0 Å². The van der Waals surface area contributed by atoms with Crippen LogP contribution in [0.4, 0.5) is 20.6 Å². The summed E-state index contributed by atoms with van der Waals surface area (Å²) >= 11 is 0. The largest absolute Gasteiger partial charge is 0.322 e. The highest BCUT2D eigenvalue weighted by Crippen LogP contribution is 2.15. The number of benzene rings is 2. The molecule has 0 unspecified atom stereocenters. The first-order chi connectivity index (χ1) is 12.9. The van der Waals surface area contributed by atoms with Crippen LogP contribution < -0.4 is 10.8 Å². The standard InChI is InChI=1S/C17H17FN4O5/c18-13-3-5-14(6-4-13)19-17(24)21(10-9-16(23)20-25)11-12-1-7-15(8-2-12)22(26)27/h1-8,25H,9-11H2,(H,19,24)(H,20,23). The summed E-state index contributed by atoms with van der Waals surface area (Å²) in [5, 5.41) is 21.9. The Morgan fingerprint density at radius 3 is 2.30 bits per heavy atom. The molecule has 142 valence electrons. The van der Waals surface area contributed by atoms with Crippen molar-refractivity contribution in [2.24, 2.45) is 0 Å². The van der Waals surface area contributed by atoms with Gasteiger partial charge in [-0.15, -0.1) is 0 Å². The van der Waals surface area contributed by atoms with Gasteiger partial charge in [0.15, 0.2) is 0 Å². The van der Waals surface area contributed by atoms with Crippen molar-refractivity contribution in [1.29, 1.82) is 0 Å². The van der Waals surface area contributed by atoms with Crippen molar-refractivity contribution in [2.75, 3.05) is 11.9 Å². The minimum Gasteiger partial charge on any atom is -0.320 e. The quantitative estimate of drug-likeness (QED) is 0.389. The molecule has 2 rings (SSSR count). The van der Waals surface area contributed by atoms with Crippen LogP contribution in [0.25, 0.3) is 0 Å². The maximum absolute atomic E-state index is 13.0. The molecule has 0 aliphatic carbocycles. The van der Waals surface area contributed by atoms with E-state index in [0.717, 1.165) is 0 Å². The monoisotopic (exact) mass is 376 g/mol. The van der Waals surface area contributed by atoms with Crippen LogP contribution in [0, 0.1) is 15.9 Å². The number of hydrogen-bond donors (Lipinski definition) is 3. The highest BCUT2D eigenvalue weighted by molar-refractivity contribution is 5.89. The number of halogens is 1. The molecule has 0 fully saturated rings. The van der Waals surface area contributed by atoms with Gasteiger partial charge in [0.25, 0.3) is 5.69 Å². The normalized spacial score (nSPS) is 10.1. The molecule has 0 saturated carbocycles. The van der Waals surface area contributed by atoms with Crippen LogP contribution in [0.1, 0.15) is 12.0 Å². The van der Waals surface area contributed by atoms with E-state index in [1.807, 2.05) is 0 Å². The van der Waals surface area contributed by atoms with E-state index in [2.05, 4.69) is 5.32 Å². The second kappa shape index (κ2) is 9.25. The Labute approximate surface area is 153 Å². The summed E-state index contributed by atoms with van der Waals surface area (Å²) in [6, 6.07) is 10.2. The molecule has 0 spiro atoms. The first-order valence-corrected chi connectivity index (χ1v) is 7.87. The van der Waals surface area contributed by atoms with Gasteiger partial charge in [-0.25, -0.2) is 14.7 Å². The Kier molecular flexibility index (Phi) is 6.78. The topological polar surface area (TPSA) is 125 Å². The minimum atomic E-state index is -0.668. The Bertz CT molecular complexity index is 811. The Morgan fingerprint density at radius 2 is 1.74 bits per heavy atom. The molecular weight excluding hydrogens is 359 g/mol. The Balaban J connectivity index is 2.11. The van der Waals surface area contributed by atoms with E-state index < -0.39 is 22.7 Å². The van der Waals surface area contributed by atoms with Crippen molar-refractivity contribution in [3.8, 4) is 0 Å². The van der Waals surface area contributed by atoms with Gasteiger partial charge in [0.2, 0.25) is 5.91 Å². The molecule has 0 aromatic heterocycles. The molecule has 0 aliphatic rings. The number of nitrogens with zero attached hydrogens (tertiary/aromatic N) is 2. The minimum absolute atomic E-state index is 0.0175. The summed E-state index contributed by atoms with van der Waals surface area (Å²) in [7, 11) is 0. The lowest BCUT2D eigenvalue weighted by Gasteiger charge is -2.23. The second-order valence-corrected chi connectivity index (χ2v) is 5.57. The van der Waals surface area contributed by atoms with Crippen LogP contribution in [0.5, 0.6) is 0 Å². The molecule has 0 saturated heterocycles. The lowest BCUT2D eigenvalue weighted by atomic mass is 10.2. The van der Waals surface area contributed by atoms with Crippen molar-refractivity contribution < 1.29 is 24.1 Å². The zero-order valence-electron chi connectivity index (χ0n) is 14.1. The SMILES string of the molecule is O=C(CCN(Cc1ccc([N+](=O)[O-])cc1)C(=O)Nc1ccc(F)cc1)NO. The van der Waals surface area contributed by atoms with Gasteiger partial charge in [-0.05, 0) is 29.8 Å². The third-order valence-electron chi connectivity index (χ3n) is 3.64. The van der Waals surface area contributed by atoms with Gasteiger partial charge in [0.05, 0.1) is 4.92 Å². The van der Waals surface area contributed by atoms with E-state index in [0.29, 0.717) is 11.3 Å².